The molecule has 0 unspecified atom stereocenters. The van der Waals surface area contributed by atoms with Crippen LogP contribution >= 0.6 is 0 Å². The van der Waals surface area contributed by atoms with Crippen molar-refractivity contribution < 1.29 is 0 Å². The molecule has 9 heavy (non-hydrogen) atoms. The van der Waals surface area contributed by atoms with E-state index in [1.165, 1.54) is 30.4 Å². The van der Waals surface area contributed by atoms with Crippen molar-refractivity contribution in [2.75, 3.05) is 0 Å². The highest BCUT2D eigenvalue weighted by Gasteiger charge is 2.08. The number of hydrogen-bond acceptors (Lipinski definition) is 2. The van der Waals surface area contributed by atoms with Crippen molar-refractivity contribution in [1.82, 2.24) is 10.2 Å². The lowest BCUT2D eigenvalue weighted by molar-refractivity contribution is 0.911. The Morgan fingerprint density at radius 3 is 2.11 bits per heavy atom. The maximum atomic E-state index is 3.81. The van der Waals surface area contributed by atoms with Gasteiger partial charge in [-0.15, -0.1) is 0 Å². The van der Waals surface area contributed by atoms with Crippen LogP contribution in [0, 0.1) is 0 Å². The van der Waals surface area contributed by atoms with E-state index in [1.54, 1.807) is 0 Å². The van der Waals surface area contributed by atoms with Gasteiger partial charge in [-0.1, -0.05) is 0 Å². The van der Waals surface area contributed by atoms with Crippen LogP contribution in [0.25, 0.3) is 0 Å². The molecule has 0 bridgehead atoms. The molecule has 0 saturated heterocycles. The number of fused-ring (bicyclic) bond motifs is 1. The summed E-state index contributed by atoms with van der Waals surface area (Å²) in [4.78, 5) is 0. The molecule has 0 fully saturated rings. The second-order valence-electron chi connectivity index (χ2n) is 2.39. The predicted octanol–water partition coefficient (Wildman–Crippen LogP) is 0.965. The number of rotatable bonds is 0. The van der Waals surface area contributed by atoms with Crippen molar-refractivity contribution in [2.24, 2.45) is 0 Å². The molecular formula is C7H8N2. The van der Waals surface area contributed by atoms with Gasteiger partial charge in [0, 0.05) is 0 Å². The Morgan fingerprint density at radius 1 is 1.00 bits per heavy atom. The standard InChI is InChI=1S/C7H8N2/c1-2-6-4-8-9-5-7(6)3-1/h4-5H,1-3H2. The van der Waals surface area contributed by atoms with Crippen LogP contribution in [0.15, 0.2) is 12.4 Å². The van der Waals surface area contributed by atoms with Crippen LogP contribution in [0.5, 0.6) is 0 Å². The van der Waals surface area contributed by atoms with Crippen LogP contribution in [-0.4, -0.2) is 10.2 Å². The molecule has 2 nitrogen and oxygen atoms in total. The molecule has 1 aliphatic carbocycles. The first-order valence-corrected chi connectivity index (χ1v) is 3.25. The molecule has 0 atom stereocenters. The smallest absolute Gasteiger partial charge is 0.0530 e. The van der Waals surface area contributed by atoms with Crippen molar-refractivity contribution in [3.63, 3.8) is 0 Å². The summed E-state index contributed by atoms with van der Waals surface area (Å²) in [5, 5.41) is 7.61. The van der Waals surface area contributed by atoms with Crippen molar-refractivity contribution in [1.29, 1.82) is 0 Å². The highest BCUT2D eigenvalue weighted by Crippen LogP contribution is 2.18. The average Bonchev–Trinajstić information content (AvgIpc) is 2.33. The second kappa shape index (κ2) is 1.79. The molecular weight excluding hydrogens is 112 g/mol. The third-order valence-corrected chi connectivity index (χ3v) is 1.80. The van der Waals surface area contributed by atoms with E-state index in [1.807, 2.05) is 12.4 Å². The molecule has 0 aromatic carbocycles. The topological polar surface area (TPSA) is 25.8 Å². The summed E-state index contributed by atoms with van der Waals surface area (Å²) in [6.07, 6.45) is 7.43. The lowest BCUT2D eigenvalue weighted by Crippen LogP contribution is -1.85. The summed E-state index contributed by atoms with van der Waals surface area (Å²) in [6.45, 7) is 0. The maximum Gasteiger partial charge on any atom is 0.0530 e. The molecule has 1 aromatic rings. The Kier molecular flexibility index (Phi) is 0.979. The Balaban J connectivity index is 2.54. The van der Waals surface area contributed by atoms with E-state index in [2.05, 4.69) is 10.2 Å². The van der Waals surface area contributed by atoms with Gasteiger partial charge >= 0.3 is 0 Å². The molecule has 1 aliphatic rings. The Labute approximate surface area is 53.9 Å². The number of aryl methyl sites for hydroxylation is 2. The zero-order valence-corrected chi connectivity index (χ0v) is 5.17. The average molecular weight is 120 g/mol. The summed E-state index contributed by atoms with van der Waals surface area (Å²) in [6, 6.07) is 0. The lowest BCUT2D eigenvalue weighted by Gasteiger charge is -1.91. The van der Waals surface area contributed by atoms with E-state index in [0.717, 1.165) is 0 Å². The fraction of sp³-hybridized carbons (Fsp3) is 0.429. The first kappa shape index (κ1) is 4.91. The number of hydrogen-bond donors (Lipinski definition) is 0. The van der Waals surface area contributed by atoms with Crippen LogP contribution in [0.2, 0.25) is 0 Å². The predicted molar refractivity (Wildman–Crippen MR) is 34.1 cm³/mol. The minimum absolute atomic E-state index is 1.20. The fourth-order valence-electron chi connectivity index (χ4n) is 1.29. The fourth-order valence-corrected chi connectivity index (χ4v) is 1.29. The van der Waals surface area contributed by atoms with Crippen LogP contribution in [0.3, 0.4) is 0 Å². The van der Waals surface area contributed by atoms with Crippen LogP contribution in [-0.2, 0) is 12.8 Å². The molecule has 0 radical (unpaired) electrons. The molecule has 0 saturated carbocycles. The minimum atomic E-state index is 1.20. The third kappa shape index (κ3) is 0.707. The number of nitrogens with zero attached hydrogens (tertiary/aromatic N) is 2. The summed E-state index contributed by atoms with van der Waals surface area (Å²) in [7, 11) is 0. The van der Waals surface area contributed by atoms with Crippen molar-refractivity contribution in [3.8, 4) is 0 Å². The first-order valence-electron chi connectivity index (χ1n) is 3.25. The van der Waals surface area contributed by atoms with Gasteiger partial charge in [0.15, 0.2) is 0 Å². The number of aromatic nitrogens is 2. The van der Waals surface area contributed by atoms with Crippen molar-refractivity contribution in [2.45, 2.75) is 19.3 Å². The molecule has 2 rings (SSSR count). The molecule has 46 valence electrons. The van der Waals surface area contributed by atoms with E-state index in [-0.39, 0.29) is 0 Å². The molecule has 0 amide bonds. The Morgan fingerprint density at radius 2 is 1.56 bits per heavy atom. The monoisotopic (exact) mass is 120 g/mol. The zero-order chi connectivity index (χ0) is 6.10. The van der Waals surface area contributed by atoms with Crippen LogP contribution in [0.1, 0.15) is 17.5 Å². The Bertz CT molecular complexity index is 197. The largest absolute Gasteiger partial charge is 0.159 e. The summed E-state index contributed by atoms with van der Waals surface area (Å²) >= 11 is 0. The van der Waals surface area contributed by atoms with Crippen LogP contribution in [0.4, 0.5) is 0 Å². The molecule has 0 N–H and O–H groups in total. The highest BCUT2D eigenvalue weighted by molar-refractivity contribution is 5.24. The lowest BCUT2D eigenvalue weighted by atomic mass is 10.2. The van der Waals surface area contributed by atoms with E-state index in [4.69, 9.17) is 0 Å². The van der Waals surface area contributed by atoms with Gasteiger partial charge < -0.3 is 0 Å². The van der Waals surface area contributed by atoms with Gasteiger partial charge in [-0.3, -0.25) is 0 Å². The minimum Gasteiger partial charge on any atom is -0.159 e. The zero-order valence-electron chi connectivity index (χ0n) is 5.17. The molecule has 1 aromatic heterocycles. The molecule has 0 aliphatic heterocycles. The summed E-state index contributed by atoms with van der Waals surface area (Å²) in [5.74, 6) is 0. The van der Waals surface area contributed by atoms with Gasteiger partial charge in [-0.05, 0) is 30.4 Å². The molecule has 2 heteroatoms. The third-order valence-electron chi connectivity index (χ3n) is 1.80. The normalized spacial score (nSPS) is 15.6. The van der Waals surface area contributed by atoms with Gasteiger partial charge in [-0.2, -0.15) is 10.2 Å². The van der Waals surface area contributed by atoms with E-state index < -0.39 is 0 Å². The van der Waals surface area contributed by atoms with E-state index in [9.17, 15) is 0 Å². The van der Waals surface area contributed by atoms with Gasteiger partial charge in [0.1, 0.15) is 0 Å². The van der Waals surface area contributed by atoms with E-state index in [0.29, 0.717) is 0 Å². The van der Waals surface area contributed by atoms with Gasteiger partial charge in [0.25, 0.3) is 0 Å². The van der Waals surface area contributed by atoms with E-state index >= 15 is 0 Å². The summed E-state index contributed by atoms with van der Waals surface area (Å²) < 4.78 is 0. The van der Waals surface area contributed by atoms with Crippen LogP contribution < -0.4 is 0 Å². The molecule has 0 spiro atoms. The maximum absolute atomic E-state index is 3.81. The van der Waals surface area contributed by atoms with Crippen molar-refractivity contribution >= 4 is 0 Å². The van der Waals surface area contributed by atoms with Gasteiger partial charge in [-0.25, -0.2) is 0 Å². The van der Waals surface area contributed by atoms with Gasteiger partial charge in [0.05, 0.1) is 12.4 Å². The van der Waals surface area contributed by atoms with Gasteiger partial charge in [0.2, 0.25) is 0 Å². The van der Waals surface area contributed by atoms with Crippen molar-refractivity contribution in [3.05, 3.63) is 23.5 Å². The summed E-state index contributed by atoms with van der Waals surface area (Å²) in [5.41, 5.74) is 2.79. The first-order chi connectivity index (χ1) is 4.47. The Hall–Kier alpha value is -0.920. The quantitative estimate of drug-likeness (QED) is 0.509. The highest BCUT2D eigenvalue weighted by atomic mass is 15.1. The SMILES string of the molecule is c1nncc2c1CCC2. The molecule has 1 heterocycles. The second-order valence-corrected chi connectivity index (χ2v) is 2.39.